The average Bonchev–Trinajstić information content (AvgIpc) is 3.59. The number of hydrogen-bond acceptors (Lipinski definition) is 7. The number of hydrogen-bond donors (Lipinski definition) is 2. The summed E-state index contributed by atoms with van der Waals surface area (Å²) in [7, 11) is 0. The normalized spacial score (nSPS) is 11.2. The SMILES string of the molecule is O=Cc1cc2ccc(-c3nc(Nc4ccc(-c5cn[nH]c5)cc4)c4sccc4n3)cc2s1. The molecule has 8 heteroatoms. The largest absolute Gasteiger partial charge is 0.339 e. The first-order valence-corrected chi connectivity index (χ1v) is 11.6. The summed E-state index contributed by atoms with van der Waals surface area (Å²) >= 11 is 3.08. The lowest BCUT2D eigenvalue weighted by molar-refractivity contribution is 0.112. The third-order valence-corrected chi connectivity index (χ3v) is 7.13. The van der Waals surface area contributed by atoms with Crippen LogP contribution in [0.5, 0.6) is 0 Å². The number of aldehydes is 1. The van der Waals surface area contributed by atoms with Crippen LogP contribution in [0.1, 0.15) is 9.67 Å². The van der Waals surface area contributed by atoms with Crippen molar-refractivity contribution in [3.8, 4) is 22.5 Å². The molecule has 2 aromatic carbocycles. The van der Waals surface area contributed by atoms with E-state index in [0.717, 1.165) is 54.8 Å². The molecule has 0 unspecified atom stereocenters. The minimum atomic E-state index is 0.649. The van der Waals surface area contributed by atoms with Gasteiger partial charge >= 0.3 is 0 Å². The minimum absolute atomic E-state index is 0.649. The maximum absolute atomic E-state index is 11.1. The second kappa shape index (κ2) is 7.67. The number of thiophene rings is 2. The molecule has 2 N–H and O–H groups in total. The molecule has 0 radical (unpaired) electrons. The Labute approximate surface area is 190 Å². The number of aromatic amines is 1. The van der Waals surface area contributed by atoms with E-state index in [9.17, 15) is 4.79 Å². The molecule has 0 amide bonds. The summed E-state index contributed by atoms with van der Waals surface area (Å²) in [6.45, 7) is 0. The fraction of sp³-hybridized carbons (Fsp3) is 0. The molecule has 0 saturated heterocycles. The van der Waals surface area contributed by atoms with Crippen LogP contribution in [0.4, 0.5) is 11.5 Å². The molecule has 6 rings (SSSR count). The van der Waals surface area contributed by atoms with Gasteiger partial charge in [-0.1, -0.05) is 24.3 Å². The molecular formula is C24H15N5OS2. The molecule has 154 valence electrons. The van der Waals surface area contributed by atoms with Gasteiger partial charge in [0, 0.05) is 27.7 Å². The van der Waals surface area contributed by atoms with E-state index in [1.807, 2.05) is 54.0 Å². The number of benzene rings is 2. The smallest absolute Gasteiger partial charge is 0.162 e. The van der Waals surface area contributed by atoms with Gasteiger partial charge in [0.05, 0.1) is 21.3 Å². The average molecular weight is 454 g/mol. The van der Waals surface area contributed by atoms with Crippen molar-refractivity contribution < 1.29 is 4.79 Å². The van der Waals surface area contributed by atoms with Gasteiger partial charge in [0.15, 0.2) is 17.9 Å². The molecule has 0 saturated carbocycles. The highest BCUT2D eigenvalue weighted by Crippen LogP contribution is 2.33. The van der Waals surface area contributed by atoms with Gasteiger partial charge in [0.25, 0.3) is 0 Å². The Balaban J connectivity index is 1.38. The lowest BCUT2D eigenvalue weighted by Crippen LogP contribution is -1.98. The van der Waals surface area contributed by atoms with Crippen molar-refractivity contribution in [1.29, 1.82) is 0 Å². The lowest BCUT2D eigenvalue weighted by atomic mass is 10.1. The number of anilines is 2. The quantitative estimate of drug-likeness (QED) is 0.290. The maximum atomic E-state index is 11.1. The zero-order valence-corrected chi connectivity index (χ0v) is 18.2. The topological polar surface area (TPSA) is 83.6 Å². The molecule has 0 aliphatic heterocycles. The predicted octanol–water partition coefficient (Wildman–Crippen LogP) is 6.52. The molecule has 4 heterocycles. The first kappa shape index (κ1) is 18.9. The van der Waals surface area contributed by atoms with Crippen LogP contribution < -0.4 is 5.32 Å². The van der Waals surface area contributed by atoms with Crippen molar-refractivity contribution in [3.63, 3.8) is 0 Å². The Bertz CT molecular complexity index is 1570. The highest BCUT2D eigenvalue weighted by Gasteiger charge is 2.13. The summed E-state index contributed by atoms with van der Waals surface area (Å²) in [4.78, 5) is 21.5. The summed E-state index contributed by atoms with van der Waals surface area (Å²) in [6.07, 6.45) is 4.56. The van der Waals surface area contributed by atoms with Gasteiger partial charge < -0.3 is 5.32 Å². The van der Waals surface area contributed by atoms with Gasteiger partial charge in [0.1, 0.15) is 0 Å². The van der Waals surface area contributed by atoms with Gasteiger partial charge in [-0.15, -0.1) is 22.7 Å². The Hall–Kier alpha value is -3.88. The molecule has 4 aromatic heterocycles. The van der Waals surface area contributed by atoms with Gasteiger partial charge in [-0.25, -0.2) is 9.97 Å². The first-order chi connectivity index (χ1) is 15.8. The van der Waals surface area contributed by atoms with Gasteiger partial charge in [-0.3, -0.25) is 9.89 Å². The molecule has 6 nitrogen and oxygen atoms in total. The lowest BCUT2D eigenvalue weighted by Gasteiger charge is -2.10. The van der Waals surface area contributed by atoms with Crippen LogP contribution in [0.2, 0.25) is 0 Å². The molecule has 0 atom stereocenters. The predicted molar refractivity (Wildman–Crippen MR) is 131 cm³/mol. The Morgan fingerprint density at radius 2 is 1.81 bits per heavy atom. The van der Waals surface area contributed by atoms with Gasteiger partial charge in [-0.2, -0.15) is 5.10 Å². The standard InChI is InChI=1S/C24H15N5OS2/c30-13-19-9-15-1-2-16(10-21(15)32-19)23-28-20-7-8-31-22(20)24(29-23)27-18-5-3-14(4-6-18)17-11-25-26-12-17/h1-13H,(H,25,26)(H,27,28,29). The summed E-state index contributed by atoms with van der Waals surface area (Å²) < 4.78 is 2.05. The second-order valence-electron chi connectivity index (χ2n) is 7.24. The van der Waals surface area contributed by atoms with E-state index in [0.29, 0.717) is 10.7 Å². The molecule has 0 spiro atoms. The first-order valence-electron chi connectivity index (χ1n) is 9.87. The molecule has 0 fully saturated rings. The third kappa shape index (κ3) is 3.35. The van der Waals surface area contributed by atoms with E-state index in [-0.39, 0.29) is 0 Å². The third-order valence-electron chi connectivity index (χ3n) is 5.20. The Morgan fingerprint density at radius 3 is 2.62 bits per heavy atom. The Morgan fingerprint density at radius 1 is 0.938 bits per heavy atom. The summed E-state index contributed by atoms with van der Waals surface area (Å²) in [5.74, 6) is 1.42. The number of carbonyl (C=O) groups excluding carboxylic acids is 1. The van der Waals surface area contributed by atoms with Gasteiger partial charge in [-0.05, 0) is 46.7 Å². The van der Waals surface area contributed by atoms with Crippen molar-refractivity contribution in [2.24, 2.45) is 0 Å². The maximum Gasteiger partial charge on any atom is 0.162 e. The van der Waals surface area contributed by atoms with Crippen LogP contribution in [0, 0.1) is 0 Å². The molecule has 32 heavy (non-hydrogen) atoms. The van der Waals surface area contributed by atoms with Crippen LogP contribution in [0.25, 0.3) is 42.8 Å². The fourth-order valence-electron chi connectivity index (χ4n) is 3.62. The number of carbonyl (C=O) groups is 1. The van der Waals surface area contributed by atoms with E-state index in [1.165, 1.54) is 11.3 Å². The highest BCUT2D eigenvalue weighted by atomic mass is 32.1. The van der Waals surface area contributed by atoms with E-state index in [1.54, 1.807) is 17.5 Å². The number of aromatic nitrogens is 4. The number of nitrogens with one attached hydrogen (secondary N) is 2. The van der Waals surface area contributed by atoms with Crippen LogP contribution in [-0.2, 0) is 0 Å². The van der Waals surface area contributed by atoms with Crippen LogP contribution in [0.15, 0.2) is 72.4 Å². The monoisotopic (exact) mass is 453 g/mol. The zero-order chi connectivity index (χ0) is 21.5. The Kier molecular flexibility index (Phi) is 4.52. The van der Waals surface area contributed by atoms with Crippen LogP contribution in [-0.4, -0.2) is 26.5 Å². The van der Waals surface area contributed by atoms with Crippen LogP contribution >= 0.6 is 22.7 Å². The van der Waals surface area contributed by atoms with Gasteiger partial charge in [0.2, 0.25) is 0 Å². The number of nitrogens with zero attached hydrogens (tertiary/aromatic N) is 3. The number of H-pyrrole nitrogens is 1. The second-order valence-corrected chi connectivity index (χ2v) is 9.27. The van der Waals surface area contributed by atoms with E-state index in [2.05, 4.69) is 27.6 Å². The summed E-state index contributed by atoms with van der Waals surface area (Å²) in [6, 6.07) is 18.1. The minimum Gasteiger partial charge on any atom is -0.339 e. The molecule has 0 bridgehead atoms. The number of rotatable bonds is 5. The van der Waals surface area contributed by atoms with Crippen molar-refractivity contribution in [2.45, 2.75) is 0 Å². The molecule has 0 aliphatic rings. The van der Waals surface area contributed by atoms with E-state index in [4.69, 9.17) is 9.97 Å². The van der Waals surface area contributed by atoms with Crippen molar-refractivity contribution in [3.05, 3.63) is 77.2 Å². The van der Waals surface area contributed by atoms with Crippen molar-refractivity contribution in [2.75, 3.05) is 5.32 Å². The van der Waals surface area contributed by atoms with E-state index < -0.39 is 0 Å². The fourth-order valence-corrected chi connectivity index (χ4v) is 5.31. The number of fused-ring (bicyclic) bond motifs is 2. The summed E-state index contributed by atoms with van der Waals surface area (Å²) in [5.41, 5.74) is 4.90. The van der Waals surface area contributed by atoms with Crippen molar-refractivity contribution >= 4 is 60.8 Å². The molecular weight excluding hydrogens is 438 g/mol. The molecule has 0 aliphatic carbocycles. The van der Waals surface area contributed by atoms with E-state index >= 15 is 0 Å². The van der Waals surface area contributed by atoms with Crippen molar-refractivity contribution in [1.82, 2.24) is 20.2 Å². The van der Waals surface area contributed by atoms with Crippen LogP contribution in [0.3, 0.4) is 0 Å². The highest BCUT2D eigenvalue weighted by molar-refractivity contribution is 7.20. The summed E-state index contributed by atoms with van der Waals surface area (Å²) in [5, 5.41) is 13.4. The molecule has 6 aromatic rings. The zero-order valence-electron chi connectivity index (χ0n) is 16.6.